The highest BCUT2D eigenvalue weighted by atomic mass is 32.1. The molecular weight excluding hydrogens is 266 g/mol. The summed E-state index contributed by atoms with van der Waals surface area (Å²) in [6, 6.07) is 19.5. The molecule has 1 unspecified atom stereocenters. The third-order valence-corrected chi connectivity index (χ3v) is 3.68. The third-order valence-electron chi connectivity index (χ3n) is 3.25. The van der Waals surface area contributed by atoms with Crippen LogP contribution in [0.15, 0.2) is 60.7 Å². The third kappa shape index (κ3) is 3.11. The van der Waals surface area contributed by atoms with E-state index in [4.69, 9.17) is 12.2 Å². The minimum Gasteiger partial charge on any atom is -0.296 e. The summed E-state index contributed by atoms with van der Waals surface area (Å²) in [5.41, 5.74) is 1.96. The lowest BCUT2D eigenvalue weighted by molar-refractivity contribution is -0.126. The summed E-state index contributed by atoms with van der Waals surface area (Å²) in [7, 11) is 0. The number of carbonyl (C=O) groups is 1. The molecule has 3 heteroatoms. The molecule has 0 radical (unpaired) electrons. The van der Waals surface area contributed by atoms with Gasteiger partial charge in [0.15, 0.2) is 0 Å². The molecule has 2 nitrogen and oxygen atoms in total. The summed E-state index contributed by atoms with van der Waals surface area (Å²) in [4.78, 5) is 14.2. The minimum atomic E-state index is -0.0820. The van der Waals surface area contributed by atoms with Gasteiger partial charge in [-0.25, -0.2) is 0 Å². The van der Waals surface area contributed by atoms with Gasteiger partial charge in [0.1, 0.15) is 4.99 Å². The molecule has 0 bridgehead atoms. The van der Waals surface area contributed by atoms with Gasteiger partial charge in [-0.1, -0.05) is 72.9 Å². The van der Waals surface area contributed by atoms with Crippen LogP contribution >= 0.6 is 12.2 Å². The first-order chi connectivity index (χ1) is 9.61. The largest absolute Gasteiger partial charge is 0.296 e. The number of nitrogens with zero attached hydrogens (tertiary/aromatic N) is 1. The molecule has 1 amide bonds. The Morgan fingerprint density at radius 1 is 1.00 bits per heavy atom. The fourth-order valence-electron chi connectivity index (χ4n) is 2.19. The van der Waals surface area contributed by atoms with E-state index in [1.165, 1.54) is 0 Å². The maximum absolute atomic E-state index is 12.0. The van der Waals surface area contributed by atoms with Crippen molar-refractivity contribution < 1.29 is 4.79 Å². The summed E-state index contributed by atoms with van der Waals surface area (Å²) < 4.78 is 0. The van der Waals surface area contributed by atoms with E-state index in [2.05, 4.69) is 0 Å². The summed E-state index contributed by atoms with van der Waals surface area (Å²) in [5.74, 6) is -0.0461. The minimum absolute atomic E-state index is 0.0461. The zero-order valence-corrected chi connectivity index (χ0v) is 12.4. The molecule has 2 aromatic rings. The Labute approximate surface area is 125 Å². The van der Waals surface area contributed by atoms with Crippen LogP contribution in [0.5, 0.6) is 0 Å². The lowest BCUT2D eigenvalue weighted by Crippen LogP contribution is -2.36. The van der Waals surface area contributed by atoms with Gasteiger partial charge in [0.2, 0.25) is 5.91 Å². The molecule has 0 spiro atoms. The quantitative estimate of drug-likeness (QED) is 0.794. The fourth-order valence-corrected chi connectivity index (χ4v) is 2.61. The van der Waals surface area contributed by atoms with E-state index >= 15 is 0 Å². The number of benzene rings is 2. The summed E-state index contributed by atoms with van der Waals surface area (Å²) in [5, 5.41) is 0. The van der Waals surface area contributed by atoms with Crippen molar-refractivity contribution in [2.24, 2.45) is 0 Å². The van der Waals surface area contributed by atoms with Gasteiger partial charge in [0.25, 0.3) is 0 Å². The molecule has 2 aromatic carbocycles. The van der Waals surface area contributed by atoms with E-state index < -0.39 is 0 Å². The second-order valence-electron chi connectivity index (χ2n) is 4.65. The first-order valence-corrected chi connectivity index (χ1v) is 6.96. The number of thiocarbonyl (C=S) groups is 1. The lowest BCUT2D eigenvalue weighted by atomic mass is 10.1. The molecule has 102 valence electrons. The van der Waals surface area contributed by atoms with Crippen LogP contribution in [0.4, 0.5) is 0 Å². The molecule has 0 saturated carbocycles. The molecule has 1 atom stereocenters. The molecule has 0 aliphatic carbocycles. The topological polar surface area (TPSA) is 20.3 Å². The Morgan fingerprint density at radius 3 is 2.00 bits per heavy atom. The molecule has 0 fully saturated rings. The predicted molar refractivity (Wildman–Crippen MR) is 85.5 cm³/mol. The fraction of sp³-hybridized carbons (Fsp3) is 0.176. The van der Waals surface area contributed by atoms with Gasteiger partial charge < -0.3 is 0 Å². The summed E-state index contributed by atoms with van der Waals surface area (Å²) >= 11 is 5.50. The van der Waals surface area contributed by atoms with E-state index in [1.807, 2.05) is 67.6 Å². The molecule has 0 aliphatic rings. The van der Waals surface area contributed by atoms with Crippen molar-refractivity contribution in [2.75, 3.05) is 0 Å². The van der Waals surface area contributed by atoms with Crippen molar-refractivity contribution in [1.29, 1.82) is 0 Å². The molecular formula is C17H17NOS. The molecule has 0 aliphatic heterocycles. The van der Waals surface area contributed by atoms with Crippen LogP contribution in [0.3, 0.4) is 0 Å². The van der Waals surface area contributed by atoms with Crippen molar-refractivity contribution >= 4 is 23.1 Å². The van der Waals surface area contributed by atoms with Gasteiger partial charge >= 0.3 is 0 Å². The molecule has 0 N–H and O–H groups in total. The van der Waals surface area contributed by atoms with Crippen LogP contribution in [-0.4, -0.2) is 15.8 Å². The monoisotopic (exact) mass is 283 g/mol. The highest BCUT2D eigenvalue weighted by molar-refractivity contribution is 7.80. The van der Waals surface area contributed by atoms with Crippen LogP contribution < -0.4 is 0 Å². The number of carbonyl (C=O) groups excluding carboxylic acids is 1. The normalized spacial score (nSPS) is 11.7. The van der Waals surface area contributed by atoms with Gasteiger partial charge in [-0.05, 0) is 12.5 Å². The van der Waals surface area contributed by atoms with Crippen LogP contribution in [0.1, 0.15) is 31.0 Å². The Hall–Kier alpha value is -2.00. The van der Waals surface area contributed by atoms with Gasteiger partial charge in [-0.15, -0.1) is 0 Å². The molecule has 0 aromatic heterocycles. The smallest absolute Gasteiger partial charge is 0.225 e. The number of amides is 1. The Morgan fingerprint density at radius 2 is 1.50 bits per heavy atom. The average Bonchev–Trinajstić information content (AvgIpc) is 2.48. The highest BCUT2D eigenvalue weighted by Gasteiger charge is 2.23. The zero-order chi connectivity index (χ0) is 14.5. The standard InChI is InChI=1S/C17H17NOS/c1-13(15-9-5-3-6-10-15)18(14(2)19)17(20)16-11-7-4-8-12-16/h3-13H,1-2H3. The Kier molecular flexibility index (Phi) is 4.64. The van der Waals surface area contributed by atoms with Crippen molar-refractivity contribution in [2.45, 2.75) is 19.9 Å². The van der Waals surface area contributed by atoms with E-state index in [-0.39, 0.29) is 11.9 Å². The Balaban J connectivity index is 2.33. The Bertz CT molecular complexity index is 595. The second kappa shape index (κ2) is 6.44. The van der Waals surface area contributed by atoms with Crippen LogP contribution in [-0.2, 0) is 4.79 Å². The second-order valence-corrected chi connectivity index (χ2v) is 5.03. The van der Waals surface area contributed by atoms with E-state index in [0.717, 1.165) is 11.1 Å². The summed E-state index contributed by atoms with van der Waals surface area (Å²) in [6.45, 7) is 3.54. The lowest BCUT2D eigenvalue weighted by Gasteiger charge is -2.29. The molecule has 0 saturated heterocycles. The number of hydrogen-bond donors (Lipinski definition) is 0. The van der Waals surface area contributed by atoms with Crippen LogP contribution in [0.25, 0.3) is 0 Å². The predicted octanol–water partition coefficient (Wildman–Crippen LogP) is 3.97. The van der Waals surface area contributed by atoms with Gasteiger partial charge in [0, 0.05) is 12.5 Å². The van der Waals surface area contributed by atoms with Crippen molar-refractivity contribution in [1.82, 2.24) is 4.90 Å². The first kappa shape index (κ1) is 14.4. The maximum atomic E-state index is 12.0. The van der Waals surface area contributed by atoms with E-state index in [1.54, 1.807) is 11.8 Å². The SMILES string of the molecule is CC(=O)N(C(=S)c1ccccc1)C(C)c1ccccc1. The summed E-state index contributed by atoms with van der Waals surface area (Å²) in [6.07, 6.45) is 0. The number of hydrogen-bond acceptors (Lipinski definition) is 2. The molecule has 2 rings (SSSR count). The highest BCUT2D eigenvalue weighted by Crippen LogP contribution is 2.23. The number of rotatable bonds is 3. The van der Waals surface area contributed by atoms with Crippen LogP contribution in [0.2, 0.25) is 0 Å². The average molecular weight is 283 g/mol. The van der Waals surface area contributed by atoms with Crippen LogP contribution in [0, 0.1) is 0 Å². The molecule has 0 heterocycles. The zero-order valence-electron chi connectivity index (χ0n) is 11.6. The molecule has 20 heavy (non-hydrogen) atoms. The van der Waals surface area contributed by atoms with Gasteiger partial charge in [-0.2, -0.15) is 0 Å². The van der Waals surface area contributed by atoms with Crippen molar-refractivity contribution in [3.63, 3.8) is 0 Å². The first-order valence-electron chi connectivity index (χ1n) is 6.55. The van der Waals surface area contributed by atoms with Gasteiger partial charge in [0.05, 0.1) is 6.04 Å². The van der Waals surface area contributed by atoms with E-state index in [0.29, 0.717) is 4.99 Å². The van der Waals surface area contributed by atoms with Crippen molar-refractivity contribution in [3.8, 4) is 0 Å². The van der Waals surface area contributed by atoms with E-state index in [9.17, 15) is 4.79 Å². The maximum Gasteiger partial charge on any atom is 0.225 e. The van der Waals surface area contributed by atoms with Crippen molar-refractivity contribution in [3.05, 3.63) is 71.8 Å². The van der Waals surface area contributed by atoms with Gasteiger partial charge in [-0.3, -0.25) is 9.69 Å².